The molecule has 2 aromatic carbocycles. The summed E-state index contributed by atoms with van der Waals surface area (Å²) in [5.41, 5.74) is 2.55. The van der Waals surface area contributed by atoms with Crippen LogP contribution in [0.5, 0.6) is 0 Å². The summed E-state index contributed by atoms with van der Waals surface area (Å²) in [4.78, 5) is 17.4. The lowest BCUT2D eigenvalue weighted by Crippen LogP contribution is -2.06. The summed E-state index contributed by atoms with van der Waals surface area (Å²) in [5, 5.41) is 1.74. The minimum atomic E-state index is -0.334. The van der Waals surface area contributed by atoms with E-state index in [0.29, 0.717) is 17.3 Å². The fourth-order valence-electron chi connectivity index (χ4n) is 2.46. The number of aromatic nitrogens is 1. The Morgan fingerprint density at radius 1 is 1.22 bits per heavy atom. The third-order valence-electron chi connectivity index (χ3n) is 3.50. The zero-order valence-corrected chi connectivity index (χ0v) is 14.4. The number of H-pyrrole nitrogens is 1. The molecule has 3 rings (SSSR count). The van der Waals surface area contributed by atoms with Crippen molar-refractivity contribution in [2.24, 2.45) is 0 Å². The zero-order valence-electron chi connectivity index (χ0n) is 12.9. The van der Waals surface area contributed by atoms with Gasteiger partial charge in [0.25, 0.3) is 0 Å². The summed E-state index contributed by atoms with van der Waals surface area (Å²) in [6, 6.07) is 13.6. The average Bonchev–Trinajstić information content (AvgIpc) is 2.90. The molecule has 1 aromatic heterocycles. The van der Waals surface area contributed by atoms with Crippen LogP contribution >= 0.6 is 23.4 Å². The fourth-order valence-corrected chi connectivity index (χ4v) is 3.70. The number of ether oxygens (including phenoxy) is 1. The minimum absolute atomic E-state index is 0.334. The van der Waals surface area contributed by atoms with Crippen LogP contribution in [0.2, 0.25) is 5.02 Å². The van der Waals surface area contributed by atoms with Crippen LogP contribution in [0.4, 0.5) is 0 Å². The molecule has 0 saturated heterocycles. The van der Waals surface area contributed by atoms with Gasteiger partial charge < -0.3 is 9.72 Å². The molecule has 0 bridgehead atoms. The van der Waals surface area contributed by atoms with Crippen molar-refractivity contribution in [3.63, 3.8) is 0 Å². The van der Waals surface area contributed by atoms with Gasteiger partial charge in [-0.2, -0.15) is 0 Å². The van der Waals surface area contributed by atoms with E-state index in [4.69, 9.17) is 16.3 Å². The number of nitrogens with one attached hydrogen (secondary N) is 1. The number of aromatic amines is 1. The summed E-state index contributed by atoms with van der Waals surface area (Å²) >= 11 is 7.48. The second-order valence-electron chi connectivity index (χ2n) is 5.10. The summed E-state index contributed by atoms with van der Waals surface area (Å²) in [6.07, 6.45) is 0. The molecule has 23 heavy (non-hydrogen) atoms. The van der Waals surface area contributed by atoms with E-state index in [1.165, 1.54) is 11.8 Å². The molecular weight excluding hydrogens is 330 g/mol. The molecule has 0 radical (unpaired) electrons. The van der Waals surface area contributed by atoms with E-state index < -0.39 is 0 Å². The average molecular weight is 346 g/mol. The van der Waals surface area contributed by atoms with Crippen LogP contribution in [0.3, 0.4) is 0 Å². The molecule has 0 aliphatic heterocycles. The molecule has 0 aliphatic carbocycles. The van der Waals surface area contributed by atoms with Crippen LogP contribution in [0, 0.1) is 6.92 Å². The number of fused-ring (bicyclic) bond motifs is 1. The molecule has 3 nitrogen and oxygen atoms in total. The van der Waals surface area contributed by atoms with Gasteiger partial charge in [0, 0.05) is 20.8 Å². The van der Waals surface area contributed by atoms with E-state index in [2.05, 4.69) is 4.98 Å². The van der Waals surface area contributed by atoms with Crippen molar-refractivity contribution in [1.29, 1.82) is 0 Å². The number of carbonyl (C=O) groups excluding carboxylic acids is 1. The number of halogens is 1. The Morgan fingerprint density at radius 2 is 1.96 bits per heavy atom. The van der Waals surface area contributed by atoms with Crippen LogP contribution in [0.1, 0.15) is 23.0 Å². The van der Waals surface area contributed by atoms with Crippen molar-refractivity contribution >= 4 is 40.2 Å². The SMILES string of the molecule is CCOC(=O)c1[nH]c2cccc(C)c2c1Sc1ccc(Cl)cc1. The first-order valence-electron chi connectivity index (χ1n) is 7.32. The molecule has 0 saturated carbocycles. The van der Waals surface area contributed by atoms with E-state index in [0.717, 1.165) is 26.3 Å². The van der Waals surface area contributed by atoms with Crippen LogP contribution in [-0.2, 0) is 4.74 Å². The van der Waals surface area contributed by atoms with Gasteiger partial charge in [0.15, 0.2) is 0 Å². The maximum atomic E-state index is 12.3. The van der Waals surface area contributed by atoms with Gasteiger partial charge in [0.05, 0.1) is 11.5 Å². The lowest BCUT2D eigenvalue weighted by Gasteiger charge is -2.06. The number of hydrogen-bond donors (Lipinski definition) is 1. The fraction of sp³-hybridized carbons (Fsp3) is 0.167. The molecule has 0 aliphatic rings. The van der Waals surface area contributed by atoms with Gasteiger partial charge in [-0.3, -0.25) is 0 Å². The smallest absolute Gasteiger partial charge is 0.355 e. The van der Waals surface area contributed by atoms with Gasteiger partial charge in [-0.1, -0.05) is 35.5 Å². The highest BCUT2D eigenvalue weighted by atomic mass is 35.5. The van der Waals surface area contributed by atoms with Gasteiger partial charge in [-0.05, 0) is 49.7 Å². The third kappa shape index (κ3) is 3.23. The number of hydrogen-bond acceptors (Lipinski definition) is 3. The Labute approximate surface area is 144 Å². The molecule has 0 fully saturated rings. The highest BCUT2D eigenvalue weighted by Gasteiger charge is 2.20. The molecule has 3 aromatic rings. The number of esters is 1. The monoisotopic (exact) mass is 345 g/mol. The first kappa shape index (κ1) is 16.0. The second kappa shape index (κ2) is 6.69. The minimum Gasteiger partial charge on any atom is -0.461 e. The zero-order chi connectivity index (χ0) is 16.4. The maximum absolute atomic E-state index is 12.3. The van der Waals surface area contributed by atoms with Crippen molar-refractivity contribution in [1.82, 2.24) is 4.98 Å². The highest BCUT2D eigenvalue weighted by Crippen LogP contribution is 2.38. The van der Waals surface area contributed by atoms with Gasteiger partial charge in [0.1, 0.15) is 5.69 Å². The molecule has 118 valence electrons. The van der Waals surface area contributed by atoms with Crippen molar-refractivity contribution < 1.29 is 9.53 Å². The van der Waals surface area contributed by atoms with Crippen molar-refractivity contribution in [2.45, 2.75) is 23.6 Å². The van der Waals surface area contributed by atoms with Crippen LogP contribution in [0.25, 0.3) is 10.9 Å². The van der Waals surface area contributed by atoms with Gasteiger partial charge >= 0.3 is 5.97 Å². The molecule has 0 unspecified atom stereocenters. The molecule has 1 heterocycles. The van der Waals surface area contributed by atoms with Gasteiger partial charge in [-0.15, -0.1) is 0 Å². The van der Waals surface area contributed by atoms with Crippen LogP contribution in [-0.4, -0.2) is 17.6 Å². The second-order valence-corrected chi connectivity index (χ2v) is 6.62. The number of rotatable bonds is 4. The van der Waals surface area contributed by atoms with E-state index in [-0.39, 0.29) is 5.97 Å². The van der Waals surface area contributed by atoms with Crippen molar-refractivity contribution in [3.8, 4) is 0 Å². The summed E-state index contributed by atoms with van der Waals surface area (Å²) < 4.78 is 5.19. The first-order chi connectivity index (χ1) is 11.1. The molecule has 0 amide bonds. The normalized spacial score (nSPS) is 10.9. The third-order valence-corrected chi connectivity index (χ3v) is 4.87. The number of benzene rings is 2. The maximum Gasteiger partial charge on any atom is 0.355 e. The molecule has 5 heteroatoms. The van der Waals surface area contributed by atoms with E-state index >= 15 is 0 Å². The standard InChI is InChI=1S/C18H16ClNO2S/c1-3-22-18(21)16-17(23-13-9-7-12(19)8-10-13)15-11(2)5-4-6-14(15)20-16/h4-10,20H,3H2,1-2H3. The predicted molar refractivity (Wildman–Crippen MR) is 94.6 cm³/mol. The molecular formula is C18H16ClNO2S. The highest BCUT2D eigenvalue weighted by molar-refractivity contribution is 7.99. The Balaban J connectivity index is 2.13. The van der Waals surface area contributed by atoms with Crippen molar-refractivity contribution in [2.75, 3.05) is 6.61 Å². The van der Waals surface area contributed by atoms with E-state index in [1.807, 2.05) is 49.4 Å². The van der Waals surface area contributed by atoms with E-state index in [1.54, 1.807) is 6.92 Å². The molecule has 0 atom stereocenters. The Hall–Kier alpha value is -1.91. The Morgan fingerprint density at radius 3 is 2.65 bits per heavy atom. The van der Waals surface area contributed by atoms with Gasteiger partial charge in [0.2, 0.25) is 0 Å². The summed E-state index contributed by atoms with van der Waals surface area (Å²) in [7, 11) is 0. The lowest BCUT2D eigenvalue weighted by molar-refractivity contribution is 0.0516. The van der Waals surface area contributed by atoms with Gasteiger partial charge in [-0.25, -0.2) is 4.79 Å². The van der Waals surface area contributed by atoms with E-state index in [9.17, 15) is 4.79 Å². The summed E-state index contributed by atoms with van der Waals surface area (Å²) in [6.45, 7) is 4.19. The predicted octanol–water partition coefficient (Wildman–Crippen LogP) is 5.46. The van der Waals surface area contributed by atoms with Crippen LogP contribution in [0.15, 0.2) is 52.3 Å². The first-order valence-corrected chi connectivity index (χ1v) is 8.51. The molecule has 0 spiro atoms. The summed E-state index contributed by atoms with van der Waals surface area (Å²) in [5.74, 6) is -0.334. The number of carbonyl (C=O) groups is 1. The Kier molecular flexibility index (Phi) is 4.64. The largest absolute Gasteiger partial charge is 0.461 e. The quantitative estimate of drug-likeness (QED) is 0.638. The van der Waals surface area contributed by atoms with Crippen molar-refractivity contribution in [3.05, 3.63) is 58.7 Å². The topological polar surface area (TPSA) is 42.1 Å². The Bertz CT molecular complexity index is 855. The lowest BCUT2D eigenvalue weighted by atomic mass is 10.1. The van der Waals surface area contributed by atoms with Crippen LogP contribution < -0.4 is 0 Å². The molecule has 1 N–H and O–H groups in total. The number of aryl methyl sites for hydroxylation is 1.